The molecule has 0 radical (unpaired) electrons. The Balaban J connectivity index is 2.88. The molecule has 5 nitrogen and oxygen atoms in total. The van der Waals surface area contributed by atoms with Crippen LogP contribution in [0.4, 0.5) is 10.5 Å². The van der Waals surface area contributed by atoms with Gasteiger partial charge in [0.15, 0.2) is 0 Å². The zero-order chi connectivity index (χ0) is 19.4. The van der Waals surface area contributed by atoms with Gasteiger partial charge in [0, 0.05) is 10.2 Å². The second kappa shape index (κ2) is 8.70. The van der Waals surface area contributed by atoms with Crippen LogP contribution in [0.3, 0.4) is 0 Å². The van der Waals surface area contributed by atoms with Gasteiger partial charge in [-0.1, -0.05) is 29.8 Å². The number of alkyl carbamates (subject to hydrolysis) is 1. The van der Waals surface area contributed by atoms with E-state index in [9.17, 15) is 9.59 Å². The molecule has 1 rings (SSSR count). The predicted molar refractivity (Wildman–Crippen MR) is 105 cm³/mol. The summed E-state index contributed by atoms with van der Waals surface area (Å²) in [6, 6.07) is 3.14. The highest BCUT2D eigenvalue weighted by Crippen LogP contribution is 2.25. The van der Waals surface area contributed by atoms with Gasteiger partial charge < -0.3 is 15.4 Å². The molecular formula is C19H29BrN2O3. The normalized spacial score (nSPS) is 12.7. The Morgan fingerprint density at radius 2 is 1.68 bits per heavy atom. The molecule has 0 heterocycles. The molecule has 0 aromatic heterocycles. The SMILES string of the molecule is Cc1cc(NC(=O)[C@@H](CC(C)C)NC(=O)OC(C)(C)C)cc(C)c1Br. The maximum absolute atomic E-state index is 12.7. The van der Waals surface area contributed by atoms with Crippen LogP contribution in [0.25, 0.3) is 0 Å². The minimum absolute atomic E-state index is 0.249. The molecule has 25 heavy (non-hydrogen) atoms. The van der Waals surface area contributed by atoms with E-state index in [2.05, 4.69) is 26.6 Å². The van der Waals surface area contributed by atoms with Gasteiger partial charge in [-0.25, -0.2) is 4.79 Å². The number of hydrogen-bond acceptors (Lipinski definition) is 3. The van der Waals surface area contributed by atoms with Gasteiger partial charge in [-0.2, -0.15) is 0 Å². The third kappa shape index (κ3) is 7.46. The first kappa shape index (κ1) is 21.5. The summed E-state index contributed by atoms with van der Waals surface area (Å²) in [4.78, 5) is 24.7. The van der Waals surface area contributed by atoms with Gasteiger partial charge in [-0.15, -0.1) is 0 Å². The molecular weight excluding hydrogens is 384 g/mol. The molecule has 1 aromatic rings. The summed E-state index contributed by atoms with van der Waals surface area (Å²) >= 11 is 3.52. The van der Waals surface area contributed by atoms with Crippen LogP contribution >= 0.6 is 15.9 Å². The van der Waals surface area contributed by atoms with Crippen LogP contribution in [0.1, 0.15) is 52.2 Å². The van der Waals surface area contributed by atoms with E-state index < -0.39 is 17.7 Å². The highest BCUT2D eigenvalue weighted by molar-refractivity contribution is 9.10. The topological polar surface area (TPSA) is 67.4 Å². The minimum Gasteiger partial charge on any atom is -0.444 e. The van der Waals surface area contributed by atoms with Crippen molar-refractivity contribution in [2.45, 2.75) is 66.5 Å². The largest absolute Gasteiger partial charge is 0.444 e. The zero-order valence-electron chi connectivity index (χ0n) is 16.1. The molecule has 0 saturated heterocycles. The van der Waals surface area contributed by atoms with Gasteiger partial charge in [-0.05, 0) is 70.2 Å². The van der Waals surface area contributed by atoms with E-state index in [1.54, 1.807) is 20.8 Å². The third-order valence-electron chi connectivity index (χ3n) is 3.42. The molecule has 1 atom stereocenters. The van der Waals surface area contributed by atoms with Gasteiger partial charge in [0.2, 0.25) is 5.91 Å². The Kier molecular flexibility index (Phi) is 7.47. The standard InChI is InChI=1S/C19H29BrN2O3/c1-11(2)8-15(22-18(24)25-19(5,6)7)17(23)21-14-9-12(3)16(20)13(4)10-14/h9-11,15H,8H2,1-7H3,(H,21,23)(H,22,24)/t15-/m1/s1. The first-order valence-corrected chi connectivity index (χ1v) is 9.25. The first-order valence-electron chi connectivity index (χ1n) is 8.46. The molecule has 2 N–H and O–H groups in total. The van der Waals surface area contributed by atoms with E-state index in [1.165, 1.54) is 0 Å². The van der Waals surface area contributed by atoms with Gasteiger partial charge in [0.25, 0.3) is 0 Å². The van der Waals surface area contributed by atoms with Crippen molar-refractivity contribution in [3.05, 3.63) is 27.7 Å². The Bertz CT molecular complexity index is 613. The lowest BCUT2D eigenvalue weighted by molar-refractivity contribution is -0.118. The molecule has 0 aliphatic rings. The molecule has 0 aliphatic carbocycles. The number of aryl methyl sites for hydroxylation is 2. The second-order valence-corrected chi connectivity index (χ2v) is 8.53. The van der Waals surface area contributed by atoms with E-state index in [-0.39, 0.29) is 11.8 Å². The van der Waals surface area contributed by atoms with Crippen LogP contribution in [0.15, 0.2) is 16.6 Å². The lowest BCUT2D eigenvalue weighted by atomic mass is 10.0. The van der Waals surface area contributed by atoms with E-state index in [0.29, 0.717) is 12.1 Å². The highest BCUT2D eigenvalue weighted by atomic mass is 79.9. The Hall–Kier alpha value is -1.56. The van der Waals surface area contributed by atoms with Gasteiger partial charge in [0.1, 0.15) is 11.6 Å². The number of halogens is 1. The van der Waals surface area contributed by atoms with Gasteiger partial charge in [0.05, 0.1) is 0 Å². The molecule has 0 unspecified atom stereocenters. The first-order chi connectivity index (χ1) is 11.4. The quantitative estimate of drug-likeness (QED) is 0.718. The van der Waals surface area contributed by atoms with Gasteiger partial charge in [-0.3, -0.25) is 4.79 Å². The van der Waals surface area contributed by atoms with Crippen molar-refractivity contribution in [1.82, 2.24) is 5.32 Å². The zero-order valence-corrected chi connectivity index (χ0v) is 17.7. The number of rotatable bonds is 5. The van der Waals surface area contributed by atoms with Crippen LogP contribution in [0.2, 0.25) is 0 Å². The summed E-state index contributed by atoms with van der Waals surface area (Å²) in [5, 5.41) is 5.58. The molecule has 6 heteroatoms. The molecule has 1 aromatic carbocycles. The van der Waals surface area contributed by atoms with Crippen LogP contribution in [-0.4, -0.2) is 23.6 Å². The molecule has 0 bridgehead atoms. The van der Waals surface area contributed by atoms with E-state index in [4.69, 9.17) is 4.74 Å². The lowest BCUT2D eigenvalue weighted by Gasteiger charge is -2.24. The monoisotopic (exact) mass is 412 g/mol. The van der Waals surface area contributed by atoms with Crippen molar-refractivity contribution in [2.24, 2.45) is 5.92 Å². The molecule has 140 valence electrons. The minimum atomic E-state index is -0.654. The van der Waals surface area contributed by atoms with Crippen molar-refractivity contribution in [3.8, 4) is 0 Å². The molecule has 0 fully saturated rings. The highest BCUT2D eigenvalue weighted by Gasteiger charge is 2.25. The maximum Gasteiger partial charge on any atom is 0.408 e. The molecule has 0 aliphatic heterocycles. The number of amides is 2. The van der Waals surface area contributed by atoms with Crippen LogP contribution < -0.4 is 10.6 Å². The summed E-state index contributed by atoms with van der Waals surface area (Å²) in [5.41, 5.74) is 2.18. The summed E-state index contributed by atoms with van der Waals surface area (Å²) in [6.45, 7) is 13.3. The summed E-state index contributed by atoms with van der Waals surface area (Å²) in [6.07, 6.45) is -0.0593. The predicted octanol–water partition coefficient (Wildman–Crippen LogP) is 4.94. The number of ether oxygens (including phenoxy) is 1. The average molecular weight is 413 g/mol. The Morgan fingerprint density at radius 1 is 1.16 bits per heavy atom. The van der Waals surface area contributed by atoms with Crippen molar-refractivity contribution >= 4 is 33.6 Å². The van der Waals surface area contributed by atoms with Crippen molar-refractivity contribution < 1.29 is 14.3 Å². The van der Waals surface area contributed by atoms with Crippen LogP contribution in [0.5, 0.6) is 0 Å². The van der Waals surface area contributed by atoms with Gasteiger partial charge >= 0.3 is 6.09 Å². The van der Waals surface area contributed by atoms with Crippen molar-refractivity contribution in [2.75, 3.05) is 5.32 Å². The Morgan fingerprint density at radius 3 is 2.12 bits per heavy atom. The number of nitrogens with one attached hydrogen (secondary N) is 2. The fourth-order valence-electron chi connectivity index (χ4n) is 2.40. The van der Waals surface area contributed by atoms with Crippen molar-refractivity contribution in [1.29, 1.82) is 0 Å². The van der Waals surface area contributed by atoms with Crippen LogP contribution in [-0.2, 0) is 9.53 Å². The Labute approximate surface area is 159 Å². The molecule has 2 amide bonds. The number of benzene rings is 1. The third-order valence-corrected chi connectivity index (χ3v) is 4.67. The molecule has 0 spiro atoms. The molecule has 0 saturated carbocycles. The number of hydrogen-bond donors (Lipinski definition) is 2. The summed E-state index contributed by atoms with van der Waals surface area (Å²) in [5.74, 6) is -0.000224. The fourth-order valence-corrected chi connectivity index (χ4v) is 2.63. The smallest absolute Gasteiger partial charge is 0.408 e. The average Bonchev–Trinajstić information content (AvgIpc) is 2.41. The van der Waals surface area contributed by atoms with Crippen molar-refractivity contribution in [3.63, 3.8) is 0 Å². The second-order valence-electron chi connectivity index (χ2n) is 7.74. The number of carbonyl (C=O) groups is 2. The summed E-state index contributed by atoms with van der Waals surface area (Å²) < 4.78 is 6.29. The fraction of sp³-hybridized carbons (Fsp3) is 0.579. The number of carbonyl (C=O) groups excluding carboxylic acids is 2. The summed E-state index contributed by atoms with van der Waals surface area (Å²) in [7, 11) is 0. The lowest BCUT2D eigenvalue weighted by Crippen LogP contribution is -2.46. The van der Waals surface area contributed by atoms with E-state index in [1.807, 2.05) is 39.8 Å². The number of anilines is 1. The van der Waals surface area contributed by atoms with E-state index in [0.717, 1.165) is 15.6 Å². The van der Waals surface area contributed by atoms with Crippen LogP contribution in [0, 0.1) is 19.8 Å². The maximum atomic E-state index is 12.7. The van der Waals surface area contributed by atoms with E-state index >= 15 is 0 Å².